The van der Waals surface area contributed by atoms with Gasteiger partial charge in [0.15, 0.2) is 23.0 Å². The van der Waals surface area contributed by atoms with Crippen LogP contribution >= 0.6 is 0 Å². The lowest BCUT2D eigenvalue weighted by atomic mass is 9.94. The first kappa shape index (κ1) is 34.5. The molecule has 242 valence electrons. The van der Waals surface area contributed by atoms with Gasteiger partial charge in [-0.05, 0) is 96.8 Å². The van der Waals surface area contributed by atoms with Crippen molar-refractivity contribution in [3.05, 3.63) is 131 Å². The van der Waals surface area contributed by atoms with Crippen LogP contribution in [-0.2, 0) is 19.1 Å². The fourth-order valence-electron chi connectivity index (χ4n) is 4.52. The Kier molecular flexibility index (Phi) is 12.1. The Bertz CT molecular complexity index is 1820. The van der Waals surface area contributed by atoms with E-state index in [9.17, 15) is 19.8 Å². The Balaban J connectivity index is 1.38. The second kappa shape index (κ2) is 16.8. The van der Waals surface area contributed by atoms with Crippen LogP contribution < -0.4 is 9.47 Å². The third kappa shape index (κ3) is 9.81. The van der Waals surface area contributed by atoms with Crippen LogP contribution in [0.1, 0.15) is 33.4 Å². The summed E-state index contributed by atoms with van der Waals surface area (Å²) in [6, 6.07) is 21.8. The molecule has 0 saturated heterocycles. The van der Waals surface area contributed by atoms with Crippen LogP contribution in [-0.4, -0.2) is 48.6 Å². The van der Waals surface area contributed by atoms with Crippen LogP contribution in [0.3, 0.4) is 0 Å². The molecule has 0 aliphatic carbocycles. The normalized spacial score (nSPS) is 9.96. The van der Waals surface area contributed by atoms with Crippen LogP contribution in [0, 0.1) is 37.5 Å². The molecule has 8 heteroatoms. The Hall–Kier alpha value is -6.38. The van der Waals surface area contributed by atoms with E-state index >= 15 is 0 Å². The summed E-state index contributed by atoms with van der Waals surface area (Å²) in [7, 11) is 0. The number of aryl methyl sites for hydroxylation is 2. The van der Waals surface area contributed by atoms with Gasteiger partial charge in [-0.15, -0.1) is 0 Å². The van der Waals surface area contributed by atoms with E-state index in [1.165, 1.54) is 12.1 Å². The molecule has 0 atom stereocenters. The van der Waals surface area contributed by atoms with Gasteiger partial charge >= 0.3 is 11.9 Å². The Morgan fingerprint density at radius 2 is 0.938 bits per heavy atom. The molecule has 0 amide bonds. The minimum absolute atomic E-state index is 0.0403. The highest BCUT2D eigenvalue weighted by Gasteiger charge is 2.08. The number of phenols is 2. The minimum Gasteiger partial charge on any atom is -0.504 e. The van der Waals surface area contributed by atoms with Crippen molar-refractivity contribution < 1.29 is 38.7 Å². The van der Waals surface area contributed by atoms with E-state index in [-0.39, 0.29) is 49.4 Å². The summed E-state index contributed by atoms with van der Waals surface area (Å²) in [5.74, 6) is 11.8. The number of carbonyl (C=O) groups is 2. The first-order valence-corrected chi connectivity index (χ1v) is 14.9. The van der Waals surface area contributed by atoms with Crippen molar-refractivity contribution in [2.75, 3.05) is 26.4 Å². The van der Waals surface area contributed by atoms with Gasteiger partial charge in [0.05, 0.1) is 0 Å². The molecule has 8 nitrogen and oxygen atoms in total. The average molecular weight is 643 g/mol. The number of esters is 2. The highest BCUT2D eigenvalue weighted by molar-refractivity contribution is 5.81. The summed E-state index contributed by atoms with van der Waals surface area (Å²) in [4.78, 5) is 22.2. The first-order valence-electron chi connectivity index (χ1n) is 14.9. The molecule has 4 rings (SSSR count). The fraction of sp³-hybridized carbons (Fsp3) is 0.150. The molecule has 4 aromatic carbocycles. The molecule has 0 aliphatic rings. The second-order valence-electron chi connectivity index (χ2n) is 10.4. The zero-order valence-corrected chi connectivity index (χ0v) is 26.7. The minimum atomic E-state index is -0.537. The largest absolute Gasteiger partial charge is 0.504 e. The van der Waals surface area contributed by atoms with Gasteiger partial charge in [0.25, 0.3) is 0 Å². The maximum absolute atomic E-state index is 11.1. The van der Waals surface area contributed by atoms with Gasteiger partial charge < -0.3 is 29.2 Å². The van der Waals surface area contributed by atoms with Gasteiger partial charge in [0.2, 0.25) is 0 Å². The summed E-state index contributed by atoms with van der Waals surface area (Å²) >= 11 is 0. The molecular weight excluding hydrogens is 608 g/mol. The van der Waals surface area contributed by atoms with Crippen molar-refractivity contribution >= 4 is 11.9 Å². The van der Waals surface area contributed by atoms with Crippen LogP contribution in [0.4, 0.5) is 0 Å². The van der Waals surface area contributed by atoms with Gasteiger partial charge in [-0.25, -0.2) is 9.59 Å². The third-order valence-electron chi connectivity index (χ3n) is 6.87. The summed E-state index contributed by atoms with van der Waals surface area (Å²) in [6.45, 7) is 11.0. The average Bonchev–Trinajstić information content (AvgIpc) is 3.08. The molecule has 0 radical (unpaired) electrons. The smallest absolute Gasteiger partial charge is 0.330 e. The van der Waals surface area contributed by atoms with E-state index in [1.54, 1.807) is 24.3 Å². The number of hydrogen-bond acceptors (Lipinski definition) is 8. The lowest BCUT2D eigenvalue weighted by molar-refractivity contribution is -0.139. The van der Waals surface area contributed by atoms with Crippen LogP contribution in [0.2, 0.25) is 0 Å². The van der Waals surface area contributed by atoms with E-state index in [0.717, 1.165) is 45.5 Å². The zero-order valence-electron chi connectivity index (χ0n) is 26.7. The molecule has 0 heterocycles. The van der Waals surface area contributed by atoms with Crippen molar-refractivity contribution in [2.45, 2.75) is 13.8 Å². The highest BCUT2D eigenvalue weighted by Crippen LogP contribution is 2.29. The second-order valence-corrected chi connectivity index (χ2v) is 10.4. The van der Waals surface area contributed by atoms with E-state index in [2.05, 4.69) is 36.8 Å². The molecule has 0 unspecified atom stereocenters. The molecule has 0 aliphatic heterocycles. The van der Waals surface area contributed by atoms with Crippen molar-refractivity contribution in [3.63, 3.8) is 0 Å². The Morgan fingerprint density at radius 1 is 0.583 bits per heavy atom. The van der Waals surface area contributed by atoms with Crippen molar-refractivity contribution in [2.24, 2.45) is 0 Å². The predicted molar refractivity (Wildman–Crippen MR) is 183 cm³/mol. The topological polar surface area (TPSA) is 112 Å². The summed E-state index contributed by atoms with van der Waals surface area (Å²) in [5, 5.41) is 20.6. The molecule has 48 heavy (non-hydrogen) atoms. The van der Waals surface area contributed by atoms with Gasteiger partial charge in [-0.2, -0.15) is 0 Å². The molecule has 2 N–H and O–H groups in total. The van der Waals surface area contributed by atoms with E-state index < -0.39 is 11.9 Å². The van der Waals surface area contributed by atoms with E-state index in [1.807, 2.05) is 50.2 Å². The third-order valence-corrected chi connectivity index (χ3v) is 6.87. The number of carbonyl (C=O) groups excluding carboxylic acids is 2. The lowest BCUT2D eigenvalue weighted by Gasteiger charge is -2.10. The number of rotatable bonds is 11. The van der Waals surface area contributed by atoms with Gasteiger partial charge in [-0.3, -0.25) is 0 Å². The molecule has 0 aromatic heterocycles. The van der Waals surface area contributed by atoms with Crippen LogP contribution in [0.5, 0.6) is 23.0 Å². The molecule has 0 saturated carbocycles. The maximum Gasteiger partial charge on any atom is 0.330 e. The van der Waals surface area contributed by atoms with Crippen molar-refractivity contribution in [1.82, 2.24) is 0 Å². The van der Waals surface area contributed by atoms with Gasteiger partial charge in [-0.1, -0.05) is 49.0 Å². The lowest BCUT2D eigenvalue weighted by Crippen LogP contribution is -2.10. The van der Waals surface area contributed by atoms with Gasteiger partial charge in [0, 0.05) is 34.4 Å². The monoisotopic (exact) mass is 642 g/mol. The Morgan fingerprint density at radius 3 is 1.27 bits per heavy atom. The highest BCUT2D eigenvalue weighted by atomic mass is 16.6. The SMILES string of the molecule is C=CC(=O)OCCOc1ccc(C#Cc2ccc(-c3ccc(C#Cc4ccc(OCCOC(=O)C=C)c(O)c4)cc3C)c(C)c2)cc1O. The zero-order chi connectivity index (χ0) is 34.5. The fourth-order valence-corrected chi connectivity index (χ4v) is 4.52. The molecular formula is C40H34O8. The molecule has 0 fully saturated rings. The van der Waals surface area contributed by atoms with Crippen molar-refractivity contribution in [1.29, 1.82) is 0 Å². The number of ether oxygens (including phenoxy) is 4. The van der Waals surface area contributed by atoms with E-state index in [4.69, 9.17) is 18.9 Å². The number of phenolic OH excluding ortho intramolecular Hbond substituents is 2. The van der Waals surface area contributed by atoms with E-state index in [0.29, 0.717) is 11.1 Å². The molecule has 4 aromatic rings. The summed E-state index contributed by atoms with van der Waals surface area (Å²) < 4.78 is 20.6. The summed E-state index contributed by atoms with van der Waals surface area (Å²) in [5.41, 5.74) is 7.18. The molecule has 0 bridgehead atoms. The standard InChI is InChI=1S/C40H34O8/c1-5-39(43)47-21-19-45-37-17-13-31(25-35(37)41)9-7-29-11-15-33(27(3)23-29)34-16-12-30(24-28(34)4)8-10-32-14-18-38(36(42)26-32)46-20-22-48-40(44)6-2/h5-6,11-18,23-26,41-42H,1-2,19-22H2,3-4H3. The van der Waals surface area contributed by atoms with Crippen LogP contribution in [0.15, 0.2) is 98.1 Å². The number of hydrogen-bond donors (Lipinski definition) is 2. The Labute approximate surface area is 279 Å². The maximum atomic E-state index is 11.1. The van der Waals surface area contributed by atoms with Crippen LogP contribution in [0.25, 0.3) is 11.1 Å². The van der Waals surface area contributed by atoms with Crippen molar-refractivity contribution in [3.8, 4) is 57.8 Å². The van der Waals surface area contributed by atoms with Gasteiger partial charge in [0.1, 0.15) is 26.4 Å². The quantitative estimate of drug-likeness (QED) is 0.0838. The summed E-state index contributed by atoms with van der Waals surface area (Å²) in [6.07, 6.45) is 2.14. The number of benzene rings is 4. The first-order chi connectivity index (χ1) is 23.2. The molecule has 0 spiro atoms. The number of aromatic hydroxyl groups is 2. The predicted octanol–water partition coefficient (Wildman–Crippen LogP) is 6.40.